The molecule has 0 saturated carbocycles. The molecular formula is C28H29FN2O5. The summed E-state index contributed by atoms with van der Waals surface area (Å²) >= 11 is 0. The van der Waals surface area contributed by atoms with Gasteiger partial charge in [-0.2, -0.15) is 0 Å². The number of halogens is 1. The number of hydrogen-bond acceptors (Lipinski definition) is 5. The van der Waals surface area contributed by atoms with Gasteiger partial charge in [-0.05, 0) is 54.1 Å². The maximum atomic E-state index is 13.4. The van der Waals surface area contributed by atoms with Crippen molar-refractivity contribution in [2.75, 3.05) is 34.4 Å². The number of rotatable bonds is 8. The second-order valence-corrected chi connectivity index (χ2v) is 8.61. The molecule has 1 N–H and O–H groups in total. The molecule has 2 amide bonds. The fourth-order valence-electron chi connectivity index (χ4n) is 4.54. The molecule has 36 heavy (non-hydrogen) atoms. The van der Waals surface area contributed by atoms with Crippen LogP contribution in [-0.2, 0) is 11.3 Å². The predicted molar refractivity (Wildman–Crippen MR) is 133 cm³/mol. The van der Waals surface area contributed by atoms with Gasteiger partial charge in [-0.25, -0.2) is 4.39 Å². The number of carbonyl (C=O) groups excluding carboxylic acids is 2. The number of ether oxygens (including phenoxy) is 3. The molecule has 4 rings (SSSR count). The number of methoxy groups -OCH3 is 3. The molecule has 3 aromatic carbocycles. The van der Waals surface area contributed by atoms with Crippen LogP contribution >= 0.6 is 0 Å². The third kappa shape index (κ3) is 5.43. The molecule has 0 spiro atoms. The Morgan fingerprint density at radius 3 is 2.33 bits per heavy atom. The first-order chi connectivity index (χ1) is 17.4. The summed E-state index contributed by atoms with van der Waals surface area (Å²) < 4.78 is 29.5. The highest BCUT2D eigenvalue weighted by Crippen LogP contribution is 2.40. The number of hydrogen-bond donors (Lipinski definition) is 1. The lowest BCUT2D eigenvalue weighted by Crippen LogP contribution is -2.35. The second-order valence-electron chi connectivity index (χ2n) is 8.61. The van der Waals surface area contributed by atoms with Crippen molar-refractivity contribution in [1.29, 1.82) is 0 Å². The van der Waals surface area contributed by atoms with Gasteiger partial charge in [0.2, 0.25) is 5.91 Å². The Morgan fingerprint density at radius 2 is 1.64 bits per heavy atom. The van der Waals surface area contributed by atoms with Crippen LogP contribution in [0.2, 0.25) is 0 Å². The molecular weight excluding hydrogens is 463 g/mol. The van der Waals surface area contributed by atoms with Crippen LogP contribution in [0.25, 0.3) is 0 Å². The first kappa shape index (κ1) is 25.0. The quantitative estimate of drug-likeness (QED) is 0.514. The van der Waals surface area contributed by atoms with Gasteiger partial charge in [-0.1, -0.05) is 18.2 Å². The number of nitrogens with one attached hydrogen (secondary N) is 1. The Labute approximate surface area is 209 Å². The van der Waals surface area contributed by atoms with Crippen LogP contribution in [0, 0.1) is 11.7 Å². The van der Waals surface area contributed by atoms with Gasteiger partial charge >= 0.3 is 0 Å². The van der Waals surface area contributed by atoms with Gasteiger partial charge in [0, 0.05) is 36.7 Å². The van der Waals surface area contributed by atoms with Gasteiger partial charge < -0.3 is 24.4 Å². The van der Waals surface area contributed by atoms with E-state index in [9.17, 15) is 14.0 Å². The van der Waals surface area contributed by atoms with Gasteiger partial charge in [-0.15, -0.1) is 0 Å². The predicted octanol–water partition coefficient (Wildman–Crippen LogP) is 4.02. The van der Waals surface area contributed by atoms with Crippen molar-refractivity contribution in [3.05, 3.63) is 89.2 Å². The van der Waals surface area contributed by atoms with Gasteiger partial charge in [0.25, 0.3) is 5.91 Å². The van der Waals surface area contributed by atoms with Gasteiger partial charge in [0.05, 0.1) is 27.2 Å². The number of benzene rings is 3. The lowest BCUT2D eigenvalue weighted by molar-refractivity contribution is -0.125. The zero-order valence-electron chi connectivity index (χ0n) is 20.5. The first-order valence-corrected chi connectivity index (χ1v) is 11.6. The van der Waals surface area contributed by atoms with Crippen LogP contribution in [0.3, 0.4) is 0 Å². The SMILES string of the molecule is COc1cccc(C(=O)N2C[C@@H](C(=O)NCc3ccc(F)cc3)[C@H](c3cc(OC)ccc3OC)C2)c1. The topological polar surface area (TPSA) is 77.1 Å². The van der Waals surface area contributed by atoms with Gasteiger partial charge in [0.15, 0.2) is 0 Å². The zero-order valence-corrected chi connectivity index (χ0v) is 20.5. The largest absolute Gasteiger partial charge is 0.497 e. The van der Waals surface area contributed by atoms with Crippen LogP contribution < -0.4 is 19.5 Å². The van der Waals surface area contributed by atoms with E-state index in [-0.39, 0.29) is 36.6 Å². The molecule has 8 heteroatoms. The highest BCUT2D eigenvalue weighted by Gasteiger charge is 2.42. The molecule has 0 bridgehead atoms. The fourth-order valence-corrected chi connectivity index (χ4v) is 4.54. The number of carbonyl (C=O) groups is 2. The van der Waals surface area contributed by atoms with E-state index in [1.165, 1.54) is 12.1 Å². The molecule has 188 valence electrons. The Kier molecular flexibility index (Phi) is 7.73. The lowest BCUT2D eigenvalue weighted by atomic mass is 9.87. The Bertz CT molecular complexity index is 1230. The molecule has 0 aliphatic carbocycles. The summed E-state index contributed by atoms with van der Waals surface area (Å²) in [4.78, 5) is 28.5. The normalized spacial score (nSPS) is 16.9. The molecule has 0 unspecified atom stereocenters. The van der Waals surface area contributed by atoms with Crippen LogP contribution in [-0.4, -0.2) is 51.1 Å². The highest BCUT2D eigenvalue weighted by atomic mass is 19.1. The van der Waals surface area contributed by atoms with Crippen LogP contribution in [0.5, 0.6) is 17.2 Å². The van der Waals surface area contributed by atoms with Gasteiger partial charge in [-0.3, -0.25) is 9.59 Å². The second kappa shape index (κ2) is 11.1. The summed E-state index contributed by atoms with van der Waals surface area (Å²) in [6.07, 6.45) is 0. The molecule has 1 saturated heterocycles. The maximum Gasteiger partial charge on any atom is 0.254 e. The fraction of sp³-hybridized carbons (Fsp3) is 0.286. The van der Waals surface area contributed by atoms with Crippen molar-refractivity contribution in [2.24, 2.45) is 5.92 Å². The summed E-state index contributed by atoms with van der Waals surface area (Å²) in [7, 11) is 4.70. The van der Waals surface area contributed by atoms with Crippen molar-refractivity contribution in [1.82, 2.24) is 10.2 Å². The number of nitrogens with zero attached hydrogens (tertiary/aromatic N) is 1. The van der Waals surface area contributed by atoms with Crippen molar-refractivity contribution >= 4 is 11.8 Å². The van der Waals surface area contributed by atoms with E-state index in [1.807, 2.05) is 6.07 Å². The number of amides is 2. The smallest absolute Gasteiger partial charge is 0.254 e. The monoisotopic (exact) mass is 492 g/mol. The van der Waals surface area contributed by atoms with E-state index in [0.29, 0.717) is 29.4 Å². The third-order valence-corrected chi connectivity index (χ3v) is 6.48. The zero-order chi connectivity index (χ0) is 25.7. The molecule has 1 aliphatic rings. The van der Waals surface area contributed by atoms with E-state index in [0.717, 1.165) is 11.1 Å². The van der Waals surface area contributed by atoms with E-state index >= 15 is 0 Å². The minimum absolute atomic E-state index is 0.186. The molecule has 3 aromatic rings. The van der Waals surface area contributed by atoms with Crippen molar-refractivity contribution in [2.45, 2.75) is 12.5 Å². The average Bonchev–Trinajstić information content (AvgIpc) is 3.37. The molecule has 1 heterocycles. The minimum Gasteiger partial charge on any atom is -0.497 e. The van der Waals surface area contributed by atoms with E-state index in [2.05, 4.69) is 5.32 Å². The van der Waals surface area contributed by atoms with E-state index < -0.39 is 5.92 Å². The van der Waals surface area contributed by atoms with Crippen LogP contribution in [0.15, 0.2) is 66.7 Å². The molecule has 2 atom stereocenters. The average molecular weight is 493 g/mol. The summed E-state index contributed by atoms with van der Waals surface area (Å²) in [6.45, 7) is 0.811. The Hall–Kier alpha value is -4.07. The standard InChI is InChI=1S/C28H29FN2O5/c1-34-21-6-4-5-19(13-21)28(33)31-16-24(23-14-22(35-2)11-12-26(23)36-3)25(17-31)27(32)30-15-18-7-9-20(29)10-8-18/h4-14,24-25H,15-17H2,1-3H3,(H,30,32)/t24-,25+/m0/s1. The maximum absolute atomic E-state index is 13.4. The third-order valence-electron chi connectivity index (χ3n) is 6.48. The summed E-state index contributed by atoms with van der Waals surface area (Å²) in [6, 6.07) is 18.4. The van der Waals surface area contributed by atoms with Crippen molar-refractivity contribution < 1.29 is 28.2 Å². The lowest BCUT2D eigenvalue weighted by Gasteiger charge is -2.21. The number of likely N-dealkylation sites (tertiary alicyclic amines) is 1. The van der Waals surface area contributed by atoms with Crippen LogP contribution in [0.4, 0.5) is 4.39 Å². The highest BCUT2D eigenvalue weighted by molar-refractivity contribution is 5.95. The summed E-state index contributed by atoms with van der Waals surface area (Å²) in [5.41, 5.74) is 2.06. The Balaban J connectivity index is 1.62. The summed E-state index contributed by atoms with van der Waals surface area (Å²) in [5.74, 6) is 0.266. The molecule has 1 fully saturated rings. The Morgan fingerprint density at radius 1 is 0.917 bits per heavy atom. The molecule has 1 aliphatic heterocycles. The summed E-state index contributed by atoms with van der Waals surface area (Å²) in [5, 5.41) is 2.95. The van der Waals surface area contributed by atoms with E-state index in [1.54, 1.807) is 74.8 Å². The first-order valence-electron chi connectivity index (χ1n) is 11.6. The van der Waals surface area contributed by atoms with Crippen molar-refractivity contribution in [3.63, 3.8) is 0 Å². The van der Waals surface area contributed by atoms with Crippen LogP contribution in [0.1, 0.15) is 27.4 Å². The molecule has 7 nitrogen and oxygen atoms in total. The van der Waals surface area contributed by atoms with Gasteiger partial charge in [0.1, 0.15) is 23.1 Å². The van der Waals surface area contributed by atoms with Crippen molar-refractivity contribution in [3.8, 4) is 17.2 Å². The minimum atomic E-state index is -0.527. The van der Waals surface area contributed by atoms with E-state index in [4.69, 9.17) is 14.2 Å². The molecule has 0 radical (unpaired) electrons. The molecule has 0 aromatic heterocycles.